The Morgan fingerprint density at radius 3 is 1.78 bits per heavy atom. The lowest BCUT2D eigenvalue weighted by atomic mass is 9.96. The van der Waals surface area contributed by atoms with Crippen molar-refractivity contribution >= 4 is 6.29 Å². The van der Waals surface area contributed by atoms with Crippen LogP contribution >= 0.6 is 0 Å². The average molecular weight is 270 g/mol. The molecule has 100 valence electrons. The Labute approximate surface area is 98.4 Å². The Bertz CT molecular complexity index is 458. The van der Waals surface area contributed by atoms with E-state index >= 15 is 0 Å². The molecule has 1 aromatic rings. The molecule has 0 bridgehead atoms. The molecule has 0 aromatic heterocycles. The molecule has 0 fully saturated rings. The number of halogens is 6. The van der Waals surface area contributed by atoms with Crippen LogP contribution in [0.3, 0.4) is 0 Å². The lowest BCUT2D eigenvalue weighted by Crippen LogP contribution is -2.18. The van der Waals surface area contributed by atoms with Crippen molar-refractivity contribution in [3.05, 3.63) is 34.4 Å². The summed E-state index contributed by atoms with van der Waals surface area (Å²) in [5.74, 6) is 0. The summed E-state index contributed by atoms with van der Waals surface area (Å²) in [6, 6.07) is 0.626. The summed E-state index contributed by atoms with van der Waals surface area (Å²) < 4.78 is 75.2. The predicted octanol–water partition coefficient (Wildman–Crippen LogP) is 4.10. The van der Waals surface area contributed by atoms with Crippen molar-refractivity contribution in [3.8, 4) is 0 Å². The van der Waals surface area contributed by atoms with Crippen molar-refractivity contribution in [2.24, 2.45) is 0 Å². The van der Waals surface area contributed by atoms with Crippen LogP contribution in [0.2, 0.25) is 0 Å². The molecule has 0 N–H and O–H groups in total. The molecule has 0 aliphatic heterocycles. The van der Waals surface area contributed by atoms with Gasteiger partial charge >= 0.3 is 12.4 Å². The van der Waals surface area contributed by atoms with E-state index < -0.39 is 23.5 Å². The zero-order chi connectivity index (χ0) is 14.1. The zero-order valence-corrected chi connectivity index (χ0v) is 9.12. The largest absolute Gasteiger partial charge is 0.417 e. The highest BCUT2D eigenvalue weighted by molar-refractivity contribution is 5.78. The molecule has 7 heteroatoms. The van der Waals surface area contributed by atoms with Crippen molar-refractivity contribution in [2.45, 2.75) is 25.7 Å². The minimum atomic E-state index is -5.16. The summed E-state index contributed by atoms with van der Waals surface area (Å²) in [5.41, 5.74) is -4.05. The first-order chi connectivity index (χ1) is 8.11. The normalized spacial score (nSPS) is 12.6. The molecule has 18 heavy (non-hydrogen) atoms. The lowest BCUT2D eigenvalue weighted by Gasteiger charge is -2.17. The van der Waals surface area contributed by atoms with Crippen LogP contribution < -0.4 is 0 Å². The number of hydrogen-bond donors (Lipinski definition) is 0. The molecular weight excluding hydrogens is 262 g/mol. The van der Waals surface area contributed by atoms with Crippen LogP contribution in [0, 0.1) is 0 Å². The molecule has 1 nitrogen and oxygen atoms in total. The Kier molecular flexibility index (Phi) is 3.73. The Morgan fingerprint density at radius 2 is 1.44 bits per heavy atom. The first kappa shape index (κ1) is 14.5. The fourth-order valence-corrected chi connectivity index (χ4v) is 1.55. The van der Waals surface area contributed by atoms with Gasteiger partial charge in [-0.15, -0.1) is 0 Å². The van der Waals surface area contributed by atoms with E-state index in [1.807, 2.05) is 0 Å². The van der Waals surface area contributed by atoms with Gasteiger partial charge in [-0.1, -0.05) is 6.92 Å². The molecule has 0 unspecified atom stereocenters. The fraction of sp³-hybridized carbons (Fsp3) is 0.364. The van der Waals surface area contributed by atoms with Gasteiger partial charge in [-0.05, 0) is 24.1 Å². The molecular formula is C11H8F6O. The minimum Gasteiger partial charge on any atom is -0.298 e. The van der Waals surface area contributed by atoms with Gasteiger partial charge in [0, 0.05) is 5.56 Å². The maximum Gasteiger partial charge on any atom is 0.417 e. The molecule has 0 aliphatic carbocycles. The number of aldehydes is 1. The average Bonchev–Trinajstić information content (AvgIpc) is 2.24. The monoisotopic (exact) mass is 270 g/mol. The number of carbonyl (C=O) groups is 1. The SMILES string of the molecule is CCc1cc(C(F)(F)F)c(C(F)(F)F)cc1C=O. The van der Waals surface area contributed by atoms with Crippen LogP contribution in [0.4, 0.5) is 26.3 Å². The van der Waals surface area contributed by atoms with Gasteiger partial charge < -0.3 is 0 Å². The molecule has 0 saturated heterocycles. The topological polar surface area (TPSA) is 17.1 Å². The maximum atomic E-state index is 12.5. The summed E-state index contributed by atoms with van der Waals surface area (Å²) in [5, 5.41) is 0. The van der Waals surface area contributed by atoms with Crippen LogP contribution in [0.15, 0.2) is 12.1 Å². The van der Waals surface area contributed by atoms with Crippen molar-refractivity contribution in [1.82, 2.24) is 0 Å². The molecule has 1 aromatic carbocycles. The molecule has 1 rings (SSSR count). The van der Waals surface area contributed by atoms with E-state index in [0.717, 1.165) is 0 Å². The Balaban J connectivity index is 3.62. The standard InChI is InChI=1S/C11H8F6O/c1-2-6-3-8(10(12,13)14)9(11(15,16)17)4-7(6)5-18/h3-5H,2H2,1H3. The second-order valence-electron chi connectivity index (χ2n) is 3.56. The van der Waals surface area contributed by atoms with Gasteiger partial charge in [0.15, 0.2) is 0 Å². The summed E-state index contributed by atoms with van der Waals surface area (Å²) in [6.07, 6.45) is -10.1. The van der Waals surface area contributed by atoms with Gasteiger partial charge in [0.2, 0.25) is 0 Å². The van der Waals surface area contributed by atoms with Gasteiger partial charge in [0.25, 0.3) is 0 Å². The summed E-state index contributed by atoms with van der Waals surface area (Å²) >= 11 is 0. The third-order valence-electron chi connectivity index (χ3n) is 2.40. The van der Waals surface area contributed by atoms with E-state index in [1.165, 1.54) is 6.92 Å². The number of aryl methyl sites for hydroxylation is 1. The van der Waals surface area contributed by atoms with Gasteiger partial charge in [0.1, 0.15) is 6.29 Å². The second-order valence-corrected chi connectivity index (χ2v) is 3.56. The highest BCUT2D eigenvalue weighted by Crippen LogP contribution is 2.41. The van der Waals surface area contributed by atoms with E-state index in [0.29, 0.717) is 6.07 Å². The molecule has 0 radical (unpaired) electrons. The quantitative estimate of drug-likeness (QED) is 0.584. The number of hydrogen-bond acceptors (Lipinski definition) is 1. The van der Waals surface area contributed by atoms with Crippen molar-refractivity contribution in [3.63, 3.8) is 0 Å². The van der Waals surface area contributed by atoms with E-state index in [-0.39, 0.29) is 29.9 Å². The number of benzene rings is 1. The predicted molar refractivity (Wildman–Crippen MR) is 51.2 cm³/mol. The Hall–Kier alpha value is -1.53. The first-order valence-corrected chi connectivity index (χ1v) is 4.87. The van der Waals surface area contributed by atoms with Crippen LogP contribution in [0.5, 0.6) is 0 Å². The molecule has 0 saturated carbocycles. The lowest BCUT2D eigenvalue weighted by molar-refractivity contribution is -0.162. The van der Waals surface area contributed by atoms with Gasteiger partial charge in [-0.3, -0.25) is 4.79 Å². The number of carbonyl (C=O) groups excluding carboxylic acids is 1. The van der Waals surface area contributed by atoms with Crippen molar-refractivity contribution < 1.29 is 31.1 Å². The van der Waals surface area contributed by atoms with E-state index in [2.05, 4.69) is 0 Å². The smallest absolute Gasteiger partial charge is 0.298 e. The number of alkyl halides is 6. The minimum absolute atomic E-state index is 0.0370. The summed E-state index contributed by atoms with van der Waals surface area (Å²) in [6.45, 7) is 1.45. The fourth-order valence-electron chi connectivity index (χ4n) is 1.55. The summed E-state index contributed by atoms with van der Waals surface area (Å²) in [4.78, 5) is 10.6. The molecule has 0 heterocycles. The van der Waals surface area contributed by atoms with Crippen LogP contribution in [-0.2, 0) is 18.8 Å². The van der Waals surface area contributed by atoms with Gasteiger partial charge in [0.05, 0.1) is 11.1 Å². The van der Waals surface area contributed by atoms with Crippen molar-refractivity contribution in [1.29, 1.82) is 0 Å². The van der Waals surface area contributed by atoms with E-state index in [1.54, 1.807) is 0 Å². The van der Waals surface area contributed by atoms with E-state index in [4.69, 9.17) is 0 Å². The third-order valence-corrected chi connectivity index (χ3v) is 2.40. The zero-order valence-electron chi connectivity index (χ0n) is 9.12. The van der Waals surface area contributed by atoms with Crippen molar-refractivity contribution in [2.75, 3.05) is 0 Å². The molecule has 0 aliphatic rings. The van der Waals surface area contributed by atoms with Crippen LogP contribution in [0.1, 0.15) is 34.0 Å². The molecule has 0 amide bonds. The highest BCUT2D eigenvalue weighted by Gasteiger charge is 2.43. The third kappa shape index (κ3) is 2.83. The van der Waals surface area contributed by atoms with Gasteiger partial charge in [-0.25, -0.2) is 0 Å². The maximum absolute atomic E-state index is 12.5. The highest BCUT2D eigenvalue weighted by atomic mass is 19.4. The molecule has 0 spiro atoms. The second kappa shape index (κ2) is 4.62. The van der Waals surface area contributed by atoms with Crippen LogP contribution in [-0.4, -0.2) is 6.29 Å². The Morgan fingerprint density at radius 1 is 1.00 bits per heavy atom. The summed E-state index contributed by atoms with van der Waals surface area (Å²) in [7, 11) is 0. The molecule has 0 atom stereocenters. The van der Waals surface area contributed by atoms with Crippen LogP contribution in [0.25, 0.3) is 0 Å². The van der Waals surface area contributed by atoms with E-state index in [9.17, 15) is 31.1 Å². The first-order valence-electron chi connectivity index (χ1n) is 4.87. The van der Waals surface area contributed by atoms with Gasteiger partial charge in [-0.2, -0.15) is 26.3 Å². The number of rotatable bonds is 2.